The lowest BCUT2D eigenvalue weighted by Gasteiger charge is -2.12. The van der Waals surface area contributed by atoms with E-state index in [1.54, 1.807) is 18.3 Å². The number of ketones is 2. The molecule has 0 unspecified atom stereocenters. The summed E-state index contributed by atoms with van der Waals surface area (Å²) in [6.07, 6.45) is 9.87. The van der Waals surface area contributed by atoms with Gasteiger partial charge in [-0.1, -0.05) is 53.6 Å². The molecule has 198 valence electrons. The molecule has 0 bridgehead atoms. The SMILES string of the molecule is C=C(/C=C\C1=C(CCCO)C(=O)c2ccc(Cl)cc2CC1)Cc1cc2c(cc1Cl)CCc1cccnc1C2=O. The predicted molar refractivity (Wildman–Crippen MR) is 156 cm³/mol. The highest BCUT2D eigenvalue weighted by atomic mass is 35.5. The van der Waals surface area contributed by atoms with Gasteiger partial charge in [-0.3, -0.25) is 14.6 Å². The molecule has 0 spiro atoms. The van der Waals surface area contributed by atoms with Gasteiger partial charge < -0.3 is 5.11 Å². The average Bonchev–Trinajstić information content (AvgIpc) is 3.14. The van der Waals surface area contributed by atoms with Crippen molar-refractivity contribution >= 4 is 34.8 Å². The normalized spacial score (nSPS) is 15.1. The summed E-state index contributed by atoms with van der Waals surface area (Å²) < 4.78 is 0. The maximum atomic E-state index is 13.4. The van der Waals surface area contributed by atoms with Crippen molar-refractivity contribution in [3.63, 3.8) is 0 Å². The molecule has 4 nitrogen and oxygen atoms in total. The number of hydrogen-bond acceptors (Lipinski definition) is 4. The van der Waals surface area contributed by atoms with Crippen LogP contribution in [-0.4, -0.2) is 28.3 Å². The topological polar surface area (TPSA) is 67.3 Å². The van der Waals surface area contributed by atoms with Crippen molar-refractivity contribution in [2.24, 2.45) is 0 Å². The maximum absolute atomic E-state index is 13.4. The first-order valence-corrected chi connectivity index (χ1v) is 13.9. The standard InChI is InChI=1S/C33H29Cl2NO3/c1-20(6-7-21-8-10-23-17-26(34)12-13-28(23)32(38)27(21)5-3-15-37)16-25-18-29-24(19-30(25)35)11-9-22-4-2-14-36-31(22)33(29)39/h2,4,6-7,12-14,17-19,37H,1,3,5,8-11,15-16H2/b7-6-. The van der Waals surface area contributed by atoms with Gasteiger partial charge in [-0.2, -0.15) is 0 Å². The summed E-state index contributed by atoms with van der Waals surface area (Å²) in [7, 11) is 0. The Morgan fingerprint density at radius 2 is 1.72 bits per heavy atom. The van der Waals surface area contributed by atoms with E-state index in [-0.39, 0.29) is 18.2 Å². The number of aliphatic hydroxyl groups excluding tert-OH is 1. The van der Waals surface area contributed by atoms with Gasteiger partial charge in [0, 0.05) is 39.5 Å². The number of hydrogen-bond donors (Lipinski definition) is 1. The van der Waals surface area contributed by atoms with Crippen molar-refractivity contribution in [3.8, 4) is 0 Å². The van der Waals surface area contributed by atoms with Crippen molar-refractivity contribution in [1.82, 2.24) is 4.98 Å². The fourth-order valence-corrected chi connectivity index (χ4v) is 5.86. The second-order valence-corrected chi connectivity index (χ2v) is 10.9. The largest absolute Gasteiger partial charge is 0.396 e. The molecule has 39 heavy (non-hydrogen) atoms. The number of Topliss-reactive ketones (excluding diaryl/α,β-unsaturated/α-hetero) is 1. The van der Waals surface area contributed by atoms with Crippen molar-refractivity contribution in [1.29, 1.82) is 0 Å². The Kier molecular flexibility index (Phi) is 8.27. The number of halogens is 2. The number of aliphatic hydroxyl groups is 1. The highest BCUT2D eigenvalue weighted by molar-refractivity contribution is 6.32. The summed E-state index contributed by atoms with van der Waals surface area (Å²) in [5, 5.41) is 10.6. The average molecular weight is 559 g/mol. The highest BCUT2D eigenvalue weighted by Gasteiger charge is 2.24. The number of carbonyl (C=O) groups excluding carboxylic acids is 2. The van der Waals surface area contributed by atoms with Gasteiger partial charge >= 0.3 is 0 Å². The Morgan fingerprint density at radius 3 is 2.54 bits per heavy atom. The lowest BCUT2D eigenvalue weighted by atomic mass is 9.94. The molecule has 0 saturated heterocycles. The van der Waals surface area contributed by atoms with E-state index in [2.05, 4.69) is 11.6 Å². The molecule has 2 aliphatic rings. The summed E-state index contributed by atoms with van der Waals surface area (Å²) in [5.74, 6) is -0.0911. The molecule has 2 aromatic carbocycles. The van der Waals surface area contributed by atoms with Gasteiger partial charge in [0.15, 0.2) is 5.78 Å². The molecule has 1 heterocycles. The monoisotopic (exact) mass is 557 g/mol. The van der Waals surface area contributed by atoms with E-state index in [0.29, 0.717) is 64.5 Å². The molecule has 0 atom stereocenters. The van der Waals surface area contributed by atoms with Gasteiger partial charge in [0.25, 0.3) is 0 Å². The van der Waals surface area contributed by atoms with Gasteiger partial charge in [0.2, 0.25) is 5.78 Å². The minimum atomic E-state index is -0.0764. The zero-order valence-corrected chi connectivity index (χ0v) is 23.1. The molecule has 0 aliphatic heterocycles. The molecule has 1 N–H and O–H groups in total. The summed E-state index contributed by atoms with van der Waals surface area (Å²) >= 11 is 12.9. The third kappa shape index (κ3) is 5.84. The van der Waals surface area contributed by atoms with Gasteiger partial charge in [-0.15, -0.1) is 0 Å². The zero-order chi connectivity index (χ0) is 27.5. The Hall–Kier alpha value is -3.31. The molecule has 5 rings (SSSR count). The van der Waals surface area contributed by atoms with Gasteiger partial charge in [-0.05, 0) is 109 Å². The summed E-state index contributed by atoms with van der Waals surface area (Å²) in [6, 6.07) is 13.0. The zero-order valence-electron chi connectivity index (χ0n) is 21.6. The van der Waals surface area contributed by atoms with Crippen molar-refractivity contribution in [2.45, 2.75) is 44.9 Å². The Balaban J connectivity index is 1.40. The minimum absolute atomic E-state index is 0.0147. The van der Waals surface area contributed by atoms with Crippen LogP contribution >= 0.6 is 23.2 Å². The molecule has 1 aromatic heterocycles. The molecular weight excluding hydrogens is 529 g/mol. The van der Waals surface area contributed by atoms with Gasteiger partial charge in [0.1, 0.15) is 5.69 Å². The number of allylic oxidation sites excluding steroid dienone is 5. The van der Waals surface area contributed by atoms with Crippen molar-refractivity contribution < 1.29 is 14.7 Å². The fraction of sp³-hybridized carbons (Fsp3) is 0.242. The van der Waals surface area contributed by atoms with E-state index >= 15 is 0 Å². The number of pyridine rings is 1. The first kappa shape index (κ1) is 27.3. The second-order valence-electron chi connectivity index (χ2n) is 10.1. The number of aromatic nitrogens is 1. The number of carbonyl (C=O) groups is 2. The number of rotatable bonds is 7. The molecule has 0 radical (unpaired) electrons. The van der Waals surface area contributed by atoms with Crippen LogP contribution in [0.3, 0.4) is 0 Å². The van der Waals surface area contributed by atoms with Crippen LogP contribution in [0.25, 0.3) is 0 Å². The minimum Gasteiger partial charge on any atom is -0.396 e. The lowest BCUT2D eigenvalue weighted by molar-refractivity contribution is 0.102. The van der Waals surface area contributed by atoms with Gasteiger partial charge in [0.05, 0.1) is 0 Å². The molecule has 2 aliphatic carbocycles. The molecule has 3 aromatic rings. The summed E-state index contributed by atoms with van der Waals surface area (Å²) in [6.45, 7) is 4.25. The third-order valence-electron chi connectivity index (χ3n) is 7.45. The Bertz CT molecular complexity index is 1550. The highest BCUT2D eigenvalue weighted by Crippen LogP contribution is 2.32. The predicted octanol–water partition coefficient (Wildman–Crippen LogP) is 7.27. The maximum Gasteiger partial charge on any atom is 0.211 e. The van der Waals surface area contributed by atoms with E-state index in [4.69, 9.17) is 23.2 Å². The van der Waals surface area contributed by atoms with E-state index in [0.717, 1.165) is 46.2 Å². The van der Waals surface area contributed by atoms with Crippen molar-refractivity contribution in [3.05, 3.63) is 133 Å². The number of benzene rings is 2. The molecular formula is C33H29Cl2NO3. The van der Waals surface area contributed by atoms with E-state index in [1.807, 2.05) is 42.5 Å². The molecule has 0 amide bonds. The van der Waals surface area contributed by atoms with Crippen LogP contribution in [-0.2, 0) is 25.7 Å². The van der Waals surface area contributed by atoms with E-state index in [9.17, 15) is 14.7 Å². The number of fused-ring (bicyclic) bond motifs is 3. The van der Waals surface area contributed by atoms with Crippen molar-refractivity contribution in [2.75, 3.05) is 6.61 Å². The molecule has 0 fully saturated rings. The summed E-state index contributed by atoms with van der Waals surface area (Å²) in [5.41, 5.74) is 7.94. The number of aryl methyl sites for hydroxylation is 3. The van der Waals surface area contributed by atoms with Crippen LogP contribution in [0.1, 0.15) is 67.9 Å². The third-order valence-corrected chi connectivity index (χ3v) is 8.03. The van der Waals surface area contributed by atoms with Crippen LogP contribution in [0.2, 0.25) is 10.0 Å². The smallest absolute Gasteiger partial charge is 0.211 e. The first-order valence-electron chi connectivity index (χ1n) is 13.2. The van der Waals surface area contributed by atoms with Crippen LogP contribution in [0.4, 0.5) is 0 Å². The first-order chi connectivity index (χ1) is 18.9. The Morgan fingerprint density at radius 1 is 0.949 bits per heavy atom. The molecule has 0 saturated carbocycles. The van der Waals surface area contributed by atoms with Crippen LogP contribution < -0.4 is 0 Å². The van der Waals surface area contributed by atoms with Crippen LogP contribution in [0.15, 0.2) is 84.1 Å². The Labute approximate surface area is 238 Å². The fourth-order valence-electron chi connectivity index (χ4n) is 5.41. The summed E-state index contributed by atoms with van der Waals surface area (Å²) in [4.78, 5) is 31.1. The van der Waals surface area contributed by atoms with Crippen LogP contribution in [0.5, 0.6) is 0 Å². The number of nitrogens with zero attached hydrogens (tertiary/aromatic N) is 1. The molecule has 6 heteroatoms. The van der Waals surface area contributed by atoms with Gasteiger partial charge in [-0.25, -0.2) is 0 Å². The van der Waals surface area contributed by atoms with Crippen LogP contribution in [0, 0.1) is 0 Å². The second kappa shape index (κ2) is 11.8. The quantitative estimate of drug-likeness (QED) is 0.310. The van der Waals surface area contributed by atoms with E-state index < -0.39 is 0 Å². The van der Waals surface area contributed by atoms with E-state index in [1.165, 1.54) is 0 Å². The lowest BCUT2D eigenvalue weighted by Crippen LogP contribution is -2.08.